The Hall–Kier alpha value is -0.980. The van der Waals surface area contributed by atoms with Gasteiger partial charge in [-0.15, -0.1) is 0 Å². The van der Waals surface area contributed by atoms with Crippen molar-refractivity contribution in [3.63, 3.8) is 0 Å². The van der Waals surface area contributed by atoms with Gasteiger partial charge in [0.1, 0.15) is 0 Å². The van der Waals surface area contributed by atoms with E-state index in [2.05, 4.69) is 22.1 Å². The van der Waals surface area contributed by atoms with Crippen molar-refractivity contribution in [2.75, 3.05) is 20.3 Å². The smallest absolute Gasteiger partial charge is 0.240 e. The zero-order valence-corrected chi connectivity index (χ0v) is 12.6. The molecule has 0 N–H and O–H groups in total. The van der Waals surface area contributed by atoms with E-state index in [0.29, 0.717) is 12.0 Å². The zero-order valence-electron chi connectivity index (χ0n) is 12.6. The van der Waals surface area contributed by atoms with Crippen LogP contribution >= 0.6 is 0 Å². The molecule has 0 atom stereocenters. The van der Waals surface area contributed by atoms with Crippen LogP contribution in [0.25, 0.3) is 0 Å². The van der Waals surface area contributed by atoms with Gasteiger partial charge in [0.05, 0.1) is 19.8 Å². The Labute approximate surface area is 124 Å². The van der Waals surface area contributed by atoms with Crippen LogP contribution in [0.5, 0.6) is 0 Å². The van der Waals surface area contributed by atoms with Crippen molar-refractivity contribution in [1.29, 1.82) is 0 Å². The van der Waals surface area contributed by atoms with Gasteiger partial charge < -0.3 is 14.0 Å². The van der Waals surface area contributed by atoms with E-state index in [9.17, 15) is 0 Å². The molecule has 0 radical (unpaired) electrons. The summed E-state index contributed by atoms with van der Waals surface area (Å²) in [4.78, 5) is 6.83. The molecule has 3 fully saturated rings. The summed E-state index contributed by atoms with van der Waals surface area (Å²) in [5.41, 5.74) is 0. The molecule has 3 aliphatic rings. The topological polar surface area (TPSA) is 60.6 Å². The van der Waals surface area contributed by atoms with Crippen LogP contribution in [0, 0.1) is 0 Å². The lowest BCUT2D eigenvalue weighted by atomic mass is 9.89. The monoisotopic (exact) mass is 293 g/mol. The van der Waals surface area contributed by atoms with Crippen molar-refractivity contribution in [2.45, 2.75) is 62.8 Å². The van der Waals surface area contributed by atoms with Gasteiger partial charge in [0.2, 0.25) is 5.89 Å². The van der Waals surface area contributed by atoms with Gasteiger partial charge in [-0.05, 0) is 32.7 Å². The van der Waals surface area contributed by atoms with Crippen LogP contribution in [0.15, 0.2) is 4.52 Å². The quantitative estimate of drug-likeness (QED) is 0.847. The SMILES string of the molecule is CN(Cc1nc(C2CC2)no1)C1CCC2(CC1)OCCO2. The van der Waals surface area contributed by atoms with Gasteiger partial charge in [-0.3, -0.25) is 4.90 Å². The van der Waals surface area contributed by atoms with Gasteiger partial charge in [0, 0.05) is 24.8 Å². The highest BCUT2D eigenvalue weighted by Crippen LogP contribution is 2.39. The van der Waals surface area contributed by atoms with Crippen LogP contribution in [0.1, 0.15) is 56.2 Å². The van der Waals surface area contributed by atoms with E-state index in [1.54, 1.807) is 0 Å². The summed E-state index contributed by atoms with van der Waals surface area (Å²) in [5, 5.41) is 4.08. The van der Waals surface area contributed by atoms with Crippen molar-refractivity contribution < 1.29 is 14.0 Å². The molecule has 2 heterocycles. The van der Waals surface area contributed by atoms with E-state index in [1.165, 1.54) is 12.8 Å². The Bertz CT molecular complexity index is 484. The molecule has 4 rings (SSSR count). The molecule has 1 saturated heterocycles. The molecule has 2 aliphatic carbocycles. The molecule has 2 saturated carbocycles. The second-order valence-corrected chi connectivity index (χ2v) is 6.57. The molecule has 6 nitrogen and oxygen atoms in total. The second kappa shape index (κ2) is 5.34. The molecule has 0 bridgehead atoms. The van der Waals surface area contributed by atoms with Crippen LogP contribution in [-0.4, -0.2) is 47.1 Å². The van der Waals surface area contributed by atoms with Crippen LogP contribution in [0.3, 0.4) is 0 Å². The molecule has 21 heavy (non-hydrogen) atoms. The summed E-state index contributed by atoms with van der Waals surface area (Å²) in [7, 11) is 2.14. The average molecular weight is 293 g/mol. The number of hydrogen-bond donors (Lipinski definition) is 0. The van der Waals surface area contributed by atoms with Gasteiger partial charge in [-0.25, -0.2) is 0 Å². The standard InChI is InChI=1S/C15H23N3O3/c1-18(10-13-16-14(17-21-13)11-2-3-11)12-4-6-15(7-5-12)19-8-9-20-15/h11-12H,2-10H2,1H3. The summed E-state index contributed by atoms with van der Waals surface area (Å²) in [6, 6.07) is 0.541. The lowest BCUT2D eigenvalue weighted by Gasteiger charge is -2.38. The number of rotatable bonds is 4. The largest absolute Gasteiger partial charge is 0.348 e. The summed E-state index contributed by atoms with van der Waals surface area (Å²) in [5.74, 6) is 1.92. The Morgan fingerprint density at radius 3 is 2.52 bits per heavy atom. The first-order valence-electron chi connectivity index (χ1n) is 8.05. The predicted molar refractivity (Wildman–Crippen MR) is 74.6 cm³/mol. The fourth-order valence-corrected chi connectivity index (χ4v) is 3.45. The van der Waals surface area contributed by atoms with Crippen molar-refractivity contribution in [2.24, 2.45) is 0 Å². The van der Waals surface area contributed by atoms with Crippen LogP contribution in [0.4, 0.5) is 0 Å². The van der Waals surface area contributed by atoms with Crippen molar-refractivity contribution in [1.82, 2.24) is 15.0 Å². The third-order valence-electron chi connectivity index (χ3n) is 4.96. The molecule has 0 unspecified atom stereocenters. The molecule has 6 heteroatoms. The molecular weight excluding hydrogens is 270 g/mol. The van der Waals surface area contributed by atoms with Crippen LogP contribution in [-0.2, 0) is 16.0 Å². The summed E-state index contributed by atoms with van der Waals surface area (Å²) >= 11 is 0. The molecule has 1 aromatic heterocycles. The van der Waals surface area contributed by atoms with E-state index < -0.39 is 0 Å². The highest BCUT2D eigenvalue weighted by atomic mass is 16.7. The normalized spacial score (nSPS) is 26.0. The maximum absolute atomic E-state index is 5.78. The summed E-state index contributed by atoms with van der Waals surface area (Å²) in [6.07, 6.45) is 6.58. The molecule has 1 spiro atoms. The van der Waals surface area contributed by atoms with Gasteiger partial charge in [0.15, 0.2) is 11.6 Å². The minimum absolute atomic E-state index is 0.277. The Morgan fingerprint density at radius 1 is 1.14 bits per heavy atom. The molecule has 116 valence electrons. The molecule has 1 aliphatic heterocycles. The number of hydrogen-bond acceptors (Lipinski definition) is 6. The van der Waals surface area contributed by atoms with Gasteiger partial charge in [-0.1, -0.05) is 5.16 Å². The fourth-order valence-electron chi connectivity index (χ4n) is 3.45. The van der Waals surface area contributed by atoms with E-state index in [0.717, 1.165) is 57.2 Å². The Balaban J connectivity index is 1.31. The van der Waals surface area contributed by atoms with E-state index in [-0.39, 0.29) is 5.79 Å². The summed E-state index contributed by atoms with van der Waals surface area (Å²) in [6.45, 7) is 2.22. The van der Waals surface area contributed by atoms with E-state index in [4.69, 9.17) is 14.0 Å². The minimum atomic E-state index is -0.277. The number of aromatic nitrogens is 2. The Kier molecular flexibility index (Phi) is 3.47. The highest BCUT2D eigenvalue weighted by molar-refractivity contribution is 5.03. The number of ether oxygens (including phenoxy) is 2. The van der Waals surface area contributed by atoms with E-state index in [1.807, 2.05) is 0 Å². The minimum Gasteiger partial charge on any atom is -0.348 e. The first-order chi connectivity index (χ1) is 10.2. The van der Waals surface area contributed by atoms with Gasteiger partial charge in [-0.2, -0.15) is 4.98 Å². The third kappa shape index (κ3) is 2.84. The average Bonchev–Trinajstić information content (AvgIpc) is 3.09. The van der Waals surface area contributed by atoms with Crippen molar-refractivity contribution >= 4 is 0 Å². The maximum atomic E-state index is 5.78. The molecular formula is C15H23N3O3. The summed E-state index contributed by atoms with van der Waals surface area (Å²) < 4.78 is 16.9. The van der Waals surface area contributed by atoms with Gasteiger partial charge in [0.25, 0.3) is 0 Å². The maximum Gasteiger partial charge on any atom is 0.240 e. The zero-order chi connectivity index (χ0) is 14.3. The lowest BCUT2D eigenvalue weighted by Crippen LogP contribution is -2.42. The molecule has 1 aromatic rings. The second-order valence-electron chi connectivity index (χ2n) is 6.57. The van der Waals surface area contributed by atoms with Crippen LogP contribution in [0.2, 0.25) is 0 Å². The third-order valence-corrected chi connectivity index (χ3v) is 4.96. The van der Waals surface area contributed by atoms with Crippen LogP contribution < -0.4 is 0 Å². The lowest BCUT2D eigenvalue weighted by molar-refractivity contribution is -0.183. The van der Waals surface area contributed by atoms with Crippen molar-refractivity contribution in [3.05, 3.63) is 11.7 Å². The Morgan fingerprint density at radius 2 is 1.86 bits per heavy atom. The first-order valence-corrected chi connectivity index (χ1v) is 8.05. The molecule has 0 amide bonds. The van der Waals surface area contributed by atoms with Gasteiger partial charge >= 0.3 is 0 Å². The predicted octanol–water partition coefficient (Wildman–Crippen LogP) is 2.06. The van der Waals surface area contributed by atoms with Crippen molar-refractivity contribution in [3.8, 4) is 0 Å². The first kappa shape index (κ1) is 13.7. The number of nitrogens with zero attached hydrogens (tertiary/aromatic N) is 3. The highest BCUT2D eigenvalue weighted by Gasteiger charge is 2.41. The molecule has 0 aromatic carbocycles. The fraction of sp³-hybridized carbons (Fsp3) is 0.867. The van der Waals surface area contributed by atoms with E-state index >= 15 is 0 Å².